The van der Waals surface area contributed by atoms with Crippen LogP contribution in [0.3, 0.4) is 0 Å². The van der Waals surface area contributed by atoms with E-state index in [0.29, 0.717) is 13.1 Å². The Bertz CT molecular complexity index is 1090. The zero-order chi connectivity index (χ0) is 20.5. The van der Waals surface area contributed by atoms with Crippen molar-refractivity contribution >= 4 is 44.3 Å². The summed E-state index contributed by atoms with van der Waals surface area (Å²) in [4.78, 5) is 30.2. The smallest absolute Gasteiger partial charge is 0.229 e. The summed E-state index contributed by atoms with van der Waals surface area (Å²) in [7, 11) is 0. The number of aryl methyl sites for hydroxylation is 2. The van der Waals surface area contributed by atoms with E-state index in [-0.39, 0.29) is 24.2 Å². The maximum atomic E-state index is 12.6. The Morgan fingerprint density at radius 3 is 2.86 bits per heavy atom. The second-order valence-corrected chi connectivity index (χ2v) is 8.66. The molecule has 4 rings (SSSR count). The molecule has 3 aromatic rings. The third-order valence-corrected chi connectivity index (χ3v) is 6.47. The van der Waals surface area contributed by atoms with Crippen LogP contribution in [-0.2, 0) is 16.0 Å². The number of aromatic amines is 1. The van der Waals surface area contributed by atoms with Gasteiger partial charge in [0.15, 0.2) is 0 Å². The van der Waals surface area contributed by atoms with Crippen LogP contribution in [0.5, 0.6) is 0 Å². The van der Waals surface area contributed by atoms with Gasteiger partial charge in [-0.05, 0) is 61.7 Å². The number of H-pyrrole nitrogens is 1. The highest BCUT2D eigenvalue weighted by Gasteiger charge is 2.34. The monoisotopic (exact) mass is 453 g/mol. The lowest BCUT2D eigenvalue weighted by Gasteiger charge is -2.16. The zero-order valence-corrected chi connectivity index (χ0v) is 18.2. The highest BCUT2D eigenvalue weighted by Crippen LogP contribution is 2.25. The van der Waals surface area contributed by atoms with Gasteiger partial charge in [0, 0.05) is 46.8 Å². The van der Waals surface area contributed by atoms with E-state index in [1.807, 2.05) is 36.2 Å². The Labute approximate surface area is 178 Å². The molecule has 1 atom stereocenters. The summed E-state index contributed by atoms with van der Waals surface area (Å²) in [6.45, 7) is 5.16. The lowest BCUT2D eigenvalue weighted by molar-refractivity contribution is -0.128. The molecule has 0 radical (unpaired) electrons. The van der Waals surface area contributed by atoms with E-state index in [9.17, 15) is 9.59 Å². The quantitative estimate of drug-likeness (QED) is 0.593. The third-order valence-electron chi connectivity index (χ3n) is 5.58. The highest BCUT2D eigenvalue weighted by molar-refractivity contribution is 9.10. The first-order valence-electron chi connectivity index (χ1n) is 9.82. The second-order valence-electron chi connectivity index (χ2n) is 7.81. The number of amides is 2. The Morgan fingerprint density at radius 2 is 2.07 bits per heavy atom. The number of nitrogens with one attached hydrogen (secondary N) is 2. The van der Waals surface area contributed by atoms with E-state index in [1.54, 1.807) is 0 Å². The van der Waals surface area contributed by atoms with E-state index >= 15 is 0 Å². The van der Waals surface area contributed by atoms with Crippen molar-refractivity contribution in [3.63, 3.8) is 0 Å². The SMILES string of the molecule is Cc1ccc2[nH]cc(CCN3C[C@H](C(=O)Nc4ccc(Br)c(C)c4)CC3=O)c2c1. The van der Waals surface area contributed by atoms with Crippen LogP contribution in [0.1, 0.15) is 23.1 Å². The Balaban J connectivity index is 1.37. The fraction of sp³-hybridized carbons (Fsp3) is 0.304. The lowest BCUT2D eigenvalue weighted by atomic mass is 10.1. The molecule has 0 aliphatic carbocycles. The van der Waals surface area contributed by atoms with Crippen LogP contribution in [-0.4, -0.2) is 34.8 Å². The molecule has 0 spiro atoms. The fourth-order valence-electron chi connectivity index (χ4n) is 3.89. The molecule has 1 aliphatic heterocycles. The minimum Gasteiger partial charge on any atom is -0.361 e. The molecular weight excluding hydrogens is 430 g/mol. The van der Waals surface area contributed by atoms with Crippen molar-refractivity contribution in [2.75, 3.05) is 18.4 Å². The van der Waals surface area contributed by atoms with Gasteiger partial charge >= 0.3 is 0 Å². The Morgan fingerprint density at radius 1 is 1.24 bits per heavy atom. The number of carbonyl (C=O) groups excluding carboxylic acids is 2. The van der Waals surface area contributed by atoms with Crippen LogP contribution >= 0.6 is 15.9 Å². The fourth-order valence-corrected chi connectivity index (χ4v) is 4.13. The molecule has 6 heteroatoms. The first-order valence-corrected chi connectivity index (χ1v) is 10.6. The third kappa shape index (κ3) is 4.22. The average Bonchev–Trinajstić information content (AvgIpc) is 3.26. The molecule has 0 bridgehead atoms. The van der Waals surface area contributed by atoms with Crippen LogP contribution in [0.25, 0.3) is 10.9 Å². The Hall–Kier alpha value is -2.60. The summed E-state index contributed by atoms with van der Waals surface area (Å²) >= 11 is 3.46. The normalized spacial score (nSPS) is 16.6. The van der Waals surface area contributed by atoms with E-state index in [0.717, 1.165) is 27.7 Å². The number of rotatable bonds is 5. The van der Waals surface area contributed by atoms with Gasteiger partial charge in [-0.15, -0.1) is 0 Å². The number of aromatic nitrogens is 1. The van der Waals surface area contributed by atoms with Gasteiger partial charge < -0.3 is 15.2 Å². The topological polar surface area (TPSA) is 65.2 Å². The number of anilines is 1. The van der Waals surface area contributed by atoms with Crippen molar-refractivity contribution in [3.8, 4) is 0 Å². The number of carbonyl (C=O) groups is 2. The van der Waals surface area contributed by atoms with Crippen molar-refractivity contribution in [2.24, 2.45) is 5.92 Å². The predicted molar refractivity (Wildman–Crippen MR) is 119 cm³/mol. The van der Waals surface area contributed by atoms with Crippen LogP contribution < -0.4 is 5.32 Å². The first-order chi connectivity index (χ1) is 13.9. The van der Waals surface area contributed by atoms with Gasteiger partial charge in [-0.2, -0.15) is 0 Å². The van der Waals surface area contributed by atoms with Gasteiger partial charge in [0.2, 0.25) is 11.8 Å². The van der Waals surface area contributed by atoms with Gasteiger partial charge in [0.25, 0.3) is 0 Å². The second kappa shape index (κ2) is 8.03. The summed E-state index contributed by atoms with van der Waals surface area (Å²) in [5.74, 6) is -0.352. The number of nitrogens with zero attached hydrogens (tertiary/aromatic N) is 1. The van der Waals surface area contributed by atoms with Crippen molar-refractivity contribution in [1.82, 2.24) is 9.88 Å². The number of fused-ring (bicyclic) bond motifs is 1. The van der Waals surface area contributed by atoms with Crippen molar-refractivity contribution < 1.29 is 9.59 Å². The lowest BCUT2D eigenvalue weighted by Crippen LogP contribution is -2.30. The van der Waals surface area contributed by atoms with Gasteiger partial charge in [0.1, 0.15) is 0 Å². The minimum absolute atomic E-state index is 0.0492. The molecule has 1 aliphatic rings. The van der Waals surface area contributed by atoms with Crippen molar-refractivity contribution in [2.45, 2.75) is 26.7 Å². The maximum Gasteiger partial charge on any atom is 0.229 e. The van der Waals surface area contributed by atoms with Crippen molar-refractivity contribution in [1.29, 1.82) is 0 Å². The van der Waals surface area contributed by atoms with Gasteiger partial charge in [-0.25, -0.2) is 0 Å². The molecule has 150 valence electrons. The molecule has 0 unspecified atom stereocenters. The summed E-state index contributed by atoms with van der Waals surface area (Å²) in [5.41, 5.74) is 5.35. The summed E-state index contributed by atoms with van der Waals surface area (Å²) in [6.07, 6.45) is 3.06. The molecule has 1 fully saturated rings. The summed E-state index contributed by atoms with van der Waals surface area (Å²) < 4.78 is 1.00. The van der Waals surface area contributed by atoms with Crippen LogP contribution in [0.4, 0.5) is 5.69 Å². The summed E-state index contributed by atoms with van der Waals surface area (Å²) in [6, 6.07) is 12.0. The minimum atomic E-state index is -0.309. The molecule has 2 aromatic carbocycles. The molecule has 2 amide bonds. The maximum absolute atomic E-state index is 12.6. The number of likely N-dealkylation sites (tertiary alicyclic amines) is 1. The molecule has 2 heterocycles. The molecule has 5 nitrogen and oxygen atoms in total. The number of hydrogen-bond acceptors (Lipinski definition) is 2. The van der Waals surface area contributed by atoms with E-state index < -0.39 is 0 Å². The molecule has 29 heavy (non-hydrogen) atoms. The van der Waals surface area contributed by atoms with E-state index in [4.69, 9.17) is 0 Å². The standard InChI is InChI=1S/C23H24BrN3O2/c1-14-3-6-21-19(9-14)16(12-25-21)7-8-27-13-17(11-22(27)28)23(29)26-18-4-5-20(24)15(2)10-18/h3-6,9-10,12,17,25H,7-8,11,13H2,1-2H3,(H,26,29)/t17-/m1/s1. The van der Waals surface area contributed by atoms with Crippen LogP contribution in [0.15, 0.2) is 47.1 Å². The zero-order valence-electron chi connectivity index (χ0n) is 16.6. The molecule has 2 N–H and O–H groups in total. The number of halogens is 1. The largest absolute Gasteiger partial charge is 0.361 e. The first kappa shape index (κ1) is 19.7. The number of hydrogen-bond donors (Lipinski definition) is 2. The average molecular weight is 454 g/mol. The molecule has 1 aromatic heterocycles. The van der Waals surface area contributed by atoms with Gasteiger partial charge in [-0.1, -0.05) is 27.6 Å². The molecule has 0 saturated carbocycles. The van der Waals surface area contributed by atoms with E-state index in [1.165, 1.54) is 16.5 Å². The number of benzene rings is 2. The van der Waals surface area contributed by atoms with E-state index in [2.05, 4.69) is 51.4 Å². The van der Waals surface area contributed by atoms with Crippen LogP contribution in [0.2, 0.25) is 0 Å². The highest BCUT2D eigenvalue weighted by atomic mass is 79.9. The van der Waals surface area contributed by atoms with Crippen molar-refractivity contribution in [3.05, 3.63) is 63.8 Å². The summed E-state index contributed by atoms with van der Waals surface area (Å²) in [5, 5.41) is 4.15. The predicted octanol–water partition coefficient (Wildman–Crippen LogP) is 4.58. The van der Waals surface area contributed by atoms with Gasteiger partial charge in [0.05, 0.1) is 5.92 Å². The molecule has 1 saturated heterocycles. The Kier molecular flexibility index (Phi) is 5.46. The molecular formula is C23H24BrN3O2. The van der Waals surface area contributed by atoms with Crippen LogP contribution in [0, 0.1) is 19.8 Å². The van der Waals surface area contributed by atoms with Gasteiger partial charge in [-0.3, -0.25) is 9.59 Å².